The molecule has 0 fully saturated rings. The maximum absolute atomic E-state index is 11.7. The largest absolute Gasteiger partial charge is 0.444 e. The van der Waals surface area contributed by atoms with Crippen molar-refractivity contribution < 1.29 is 28.7 Å². The van der Waals surface area contributed by atoms with Crippen molar-refractivity contribution in [1.82, 2.24) is 15.5 Å². The molecule has 0 unspecified atom stereocenters. The van der Waals surface area contributed by atoms with E-state index in [1.165, 1.54) is 0 Å². The molecule has 4 N–H and O–H groups in total. The van der Waals surface area contributed by atoms with Gasteiger partial charge in [-0.25, -0.2) is 4.79 Å². The third-order valence-electron chi connectivity index (χ3n) is 3.48. The summed E-state index contributed by atoms with van der Waals surface area (Å²) in [5.41, 5.74) is 4.58. The molecule has 1 rings (SSSR count). The van der Waals surface area contributed by atoms with E-state index in [1.807, 2.05) is 0 Å². The summed E-state index contributed by atoms with van der Waals surface area (Å²) >= 11 is 0. The molecule has 5 amide bonds. The Morgan fingerprint density at radius 3 is 2.26 bits per heavy atom. The van der Waals surface area contributed by atoms with Gasteiger partial charge in [-0.05, 0) is 40.0 Å². The Hall–Kier alpha value is -2.91. The van der Waals surface area contributed by atoms with Crippen LogP contribution in [0.15, 0.2) is 12.2 Å². The maximum atomic E-state index is 11.7. The van der Waals surface area contributed by atoms with Gasteiger partial charge in [0.25, 0.3) is 11.8 Å². The number of imide groups is 1. The monoisotopic (exact) mass is 382 g/mol. The third-order valence-corrected chi connectivity index (χ3v) is 3.48. The highest BCUT2D eigenvalue weighted by Crippen LogP contribution is 2.08. The number of ether oxygens (including phenoxy) is 1. The van der Waals surface area contributed by atoms with Crippen LogP contribution >= 0.6 is 0 Å². The lowest BCUT2D eigenvalue weighted by molar-refractivity contribution is -0.141. The lowest BCUT2D eigenvalue weighted by atomic mass is 10.1. The summed E-state index contributed by atoms with van der Waals surface area (Å²) in [6.07, 6.45) is 2.80. The minimum absolute atomic E-state index is 0.289. The zero-order valence-corrected chi connectivity index (χ0v) is 15.7. The molecular weight excluding hydrogens is 356 g/mol. The van der Waals surface area contributed by atoms with Crippen LogP contribution in [-0.2, 0) is 23.9 Å². The number of hydrogen-bond acceptors (Lipinski definition) is 6. The summed E-state index contributed by atoms with van der Waals surface area (Å²) in [7, 11) is 0. The Bertz CT molecular complexity index is 620. The number of carbonyl (C=O) groups is 5. The molecule has 10 heteroatoms. The van der Waals surface area contributed by atoms with E-state index in [1.54, 1.807) is 20.8 Å². The van der Waals surface area contributed by atoms with E-state index in [0.717, 1.165) is 17.1 Å². The minimum atomic E-state index is -0.874. The molecule has 0 saturated carbocycles. The number of hydrogen-bond donors (Lipinski definition) is 3. The van der Waals surface area contributed by atoms with Crippen molar-refractivity contribution in [3.63, 3.8) is 0 Å². The highest BCUT2D eigenvalue weighted by atomic mass is 16.6. The first kappa shape index (κ1) is 22.1. The molecule has 1 aliphatic rings. The van der Waals surface area contributed by atoms with Gasteiger partial charge < -0.3 is 21.1 Å². The summed E-state index contributed by atoms with van der Waals surface area (Å²) in [5.74, 6) is -2.18. The predicted molar refractivity (Wildman–Crippen MR) is 95.1 cm³/mol. The number of amides is 5. The zero-order chi connectivity index (χ0) is 20.6. The Morgan fingerprint density at radius 1 is 1.15 bits per heavy atom. The maximum Gasteiger partial charge on any atom is 0.408 e. The highest BCUT2D eigenvalue weighted by Gasteiger charge is 2.25. The molecule has 0 aromatic rings. The SMILES string of the molecule is CC(C)(C)OC(=O)N[C@@H](CCCCNC(=O)CN1C(=O)C=CC1=O)C(N)=O. The van der Waals surface area contributed by atoms with Crippen LogP contribution in [0.2, 0.25) is 0 Å². The number of unbranched alkanes of at least 4 members (excludes halogenated alkanes) is 1. The van der Waals surface area contributed by atoms with Crippen molar-refractivity contribution in [2.24, 2.45) is 5.73 Å². The van der Waals surface area contributed by atoms with E-state index in [-0.39, 0.29) is 13.0 Å². The fourth-order valence-corrected chi connectivity index (χ4v) is 2.22. The van der Waals surface area contributed by atoms with E-state index < -0.39 is 41.4 Å². The van der Waals surface area contributed by atoms with Crippen LogP contribution in [-0.4, -0.2) is 59.4 Å². The Kier molecular flexibility index (Phi) is 7.95. The second-order valence-corrected chi connectivity index (χ2v) is 7.04. The lowest BCUT2D eigenvalue weighted by Gasteiger charge is -2.22. The number of nitrogens with two attached hydrogens (primary N) is 1. The molecule has 150 valence electrons. The van der Waals surface area contributed by atoms with E-state index in [2.05, 4.69) is 10.6 Å². The molecule has 0 aromatic heterocycles. The number of alkyl carbamates (subject to hydrolysis) is 1. The summed E-state index contributed by atoms with van der Waals surface area (Å²) in [6.45, 7) is 5.06. The standard InChI is InChI=1S/C17H26N4O6/c1-17(2,3)27-16(26)20-11(15(18)25)6-4-5-9-19-12(22)10-21-13(23)7-8-14(21)24/h7-8,11H,4-6,9-10H2,1-3H3,(H2,18,25)(H,19,22)(H,20,26)/t11-/m0/s1. The molecule has 1 heterocycles. The first-order valence-corrected chi connectivity index (χ1v) is 8.58. The molecule has 0 aliphatic carbocycles. The van der Waals surface area contributed by atoms with Crippen molar-refractivity contribution in [3.8, 4) is 0 Å². The number of primary amides is 1. The van der Waals surface area contributed by atoms with Gasteiger partial charge in [0.15, 0.2) is 0 Å². The highest BCUT2D eigenvalue weighted by molar-refractivity contribution is 6.14. The topological polar surface area (TPSA) is 148 Å². The average Bonchev–Trinajstić information content (AvgIpc) is 2.83. The van der Waals surface area contributed by atoms with E-state index in [4.69, 9.17) is 10.5 Å². The molecule has 0 aromatic carbocycles. The van der Waals surface area contributed by atoms with Crippen molar-refractivity contribution in [1.29, 1.82) is 0 Å². The second kappa shape index (κ2) is 9.70. The van der Waals surface area contributed by atoms with E-state index in [9.17, 15) is 24.0 Å². The molecule has 0 bridgehead atoms. The lowest BCUT2D eigenvalue weighted by Crippen LogP contribution is -2.46. The summed E-state index contributed by atoms with van der Waals surface area (Å²) in [6, 6.07) is -0.874. The van der Waals surface area contributed by atoms with Crippen LogP contribution in [0.4, 0.5) is 4.79 Å². The Balaban J connectivity index is 2.27. The Labute approximate surface area is 157 Å². The van der Waals surface area contributed by atoms with Crippen molar-refractivity contribution >= 4 is 29.7 Å². The van der Waals surface area contributed by atoms with Crippen LogP contribution in [0.1, 0.15) is 40.0 Å². The van der Waals surface area contributed by atoms with Crippen LogP contribution in [0.25, 0.3) is 0 Å². The molecule has 27 heavy (non-hydrogen) atoms. The molecule has 0 spiro atoms. The first-order valence-electron chi connectivity index (χ1n) is 8.58. The molecule has 1 atom stereocenters. The average molecular weight is 382 g/mol. The first-order chi connectivity index (χ1) is 12.5. The molecule has 0 saturated heterocycles. The molecule has 0 radical (unpaired) electrons. The summed E-state index contributed by atoms with van der Waals surface area (Å²) in [5, 5.41) is 5.00. The fourth-order valence-electron chi connectivity index (χ4n) is 2.22. The van der Waals surface area contributed by atoms with Gasteiger partial charge in [-0.15, -0.1) is 0 Å². The molecular formula is C17H26N4O6. The number of rotatable bonds is 9. The molecule has 10 nitrogen and oxygen atoms in total. The van der Waals surface area contributed by atoms with Gasteiger partial charge in [0, 0.05) is 18.7 Å². The fraction of sp³-hybridized carbons (Fsp3) is 0.588. The van der Waals surface area contributed by atoms with Gasteiger partial charge in [0.2, 0.25) is 11.8 Å². The van der Waals surface area contributed by atoms with Crippen molar-refractivity contribution in [2.45, 2.75) is 51.7 Å². The van der Waals surface area contributed by atoms with Crippen molar-refractivity contribution in [2.75, 3.05) is 13.1 Å². The van der Waals surface area contributed by atoms with Gasteiger partial charge >= 0.3 is 6.09 Å². The van der Waals surface area contributed by atoms with Crippen LogP contribution in [0.5, 0.6) is 0 Å². The van der Waals surface area contributed by atoms with Crippen LogP contribution < -0.4 is 16.4 Å². The van der Waals surface area contributed by atoms with Gasteiger partial charge in [-0.2, -0.15) is 0 Å². The van der Waals surface area contributed by atoms with Crippen LogP contribution in [0.3, 0.4) is 0 Å². The third kappa shape index (κ3) is 8.34. The smallest absolute Gasteiger partial charge is 0.408 e. The predicted octanol–water partition coefficient (Wildman–Crippen LogP) is -0.423. The number of nitrogens with zero attached hydrogens (tertiary/aromatic N) is 1. The summed E-state index contributed by atoms with van der Waals surface area (Å²) < 4.78 is 5.08. The summed E-state index contributed by atoms with van der Waals surface area (Å²) in [4.78, 5) is 58.4. The van der Waals surface area contributed by atoms with Crippen molar-refractivity contribution in [3.05, 3.63) is 12.2 Å². The van der Waals surface area contributed by atoms with Gasteiger partial charge in [-0.3, -0.25) is 24.1 Å². The minimum Gasteiger partial charge on any atom is -0.444 e. The van der Waals surface area contributed by atoms with Gasteiger partial charge in [0.1, 0.15) is 18.2 Å². The van der Waals surface area contributed by atoms with Gasteiger partial charge in [-0.1, -0.05) is 0 Å². The number of carbonyl (C=O) groups excluding carboxylic acids is 5. The normalized spacial score (nSPS) is 14.9. The second-order valence-electron chi connectivity index (χ2n) is 7.04. The van der Waals surface area contributed by atoms with E-state index >= 15 is 0 Å². The van der Waals surface area contributed by atoms with Crippen LogP contribution in [0, 0.1) is 0 Å². The Morgan fingerprint density at radius 2 is 1.74 bits per heavy atom. The zero-order valence-electron chi connectivity index (χ0n) is 15.7. The molecule has 1 aliphatic heterocycles. The van der Waals surface area contributed by atoms with Gasteiger partial charge in [0.05, 0.1) is 0 Å². The quantitative estimate of drug-likeness (QED) is 0.364. The number of nitrogens with one attached hydrogen (secondary N) is 2. The van der Waals surface area contributed by atoms with E-state index in [0.29, 0.717) is 19.4 Å².